The molecular weight excluding hydrogens is 214 g/mol. The van der Waals surface area contributed by atoms with Gasteiger partial charge in [0.1, 0.15) is 5.82 Å². The first-order chi connectivity index (χ1) is 8.17. The fraction of sp³-hybridized carbons (Fsp3) is 0.231. The van der Waals surface area contributed by atoms with Gasteiger partial charge in [-0.1, -0.05) is 12.1 Å². The fourth-order valence-electron chi connectivity index (χ4n) is 1.33. The second kappa shape index (κ2) is 6.48. The highest BCUT2D eigenvalue weighted by atomic mass is 16.1. The summed E-state index contributed by atoms with van der Waals surface area (Å²) in [6.45, 7) is 3.75. The number of nitrogens with zero attached hydrogens (tertiary/aromatic N) is 1. The topological polar surface area (TPSA) is 54.0 Å². The molecule has 0 bridgehead atoms. The molecule has 0 saturated carbocycles. The molecule has 1 amide bonds. The first kappa shape index (κ1) is 13.0. The fourth-order valence-corrected chi connectivity index (χ4v) is 1.33. The zero-order chi connectivity index (χ0) is 12.7. The number of nitrogens with one attached hydrogen (secondary N) is 2. The predicted octanol–water partition coefficient (Wildman–Crippen LogP) is 2.18. The van der Waals surface area contributed by atoms with E-state index in [0.29, 0.717) is 5.82 Å². The molecule has 0 aliphatic carbocycles. The third kappa shape index (κ3) is 4.10. The van der Waals surface area contributed by atoms with Gasteiger partial charge in [0, 0.05) is 13.2 Å². The van der Waals surface area contributed by atoms with Crippen molar-refractivity contribution in [1.29, 1.82) is 0 Å². The number of pyridine rings is 1. The van der Waals surface area contributed by atoms with Crippen molar-refractivity contribution in [2.24, 2.45) is 0 Å². The van der Waals surface area contributed by atoms with Gasteiger partial charge in [0.05, 0.1) is 5.69 Å². The molecule has 0 aliphatic heterocycles. The Balaban J connectivity index is 2.86. The number of amides is 1. The van der Waals surface area contributed by atoms with Crippen LogP contribution in [0.1, 0.15) is 19.5 Å². The first-order valence-electron chi connectivity index (χ1n) is 5.42. The van der Waals surface area contributed by atoms with E-state index in [1.54, 1.807) is 19.1 Å². The van der Waals surface area contributed by atoms with Crippen molar-refractivity contribution >= 4 is 17.3 Å². The van der Waals surface area contributed by atoms with E-state index in [4.69, 9.17) is 0 Å². The Morgan fingerprint density at radius 2 is 2.18 bits per heavy atom. The maximum atomic E-state index is 11.4. The normalized spacial score (nSPS) is 11.6. The molecule has 0 saturated heterocycles. The van der Waals surface area contributed by atoms with Gasteiger partial charge in [-0.15, -0.1) is 0 Å². The number of hydrogen-bond acceptors (Lipinski definition) is 3. The molecule has 1 aromatic rings. The second-order valence-corrected chi connectivity index (χ2v) is 3.51. The Hall–Kier alpha value is -2.10. The Morgan fingerprint density at radius 3 is 2.82 bits per heavy atom. The number of hydrogen-bond donors (Lipinski definition) is 2. The van der Waals surface area contributed by atoms with Gasteiger partial charge >= 0.3 is 0 Å². The van der Waals surface area contributed by atoms with Crippen LogP contribution in [0.3, 0.4) is 0 Å². The third-order valence-corrected chi connectivity index (χ3v) is 2.08. The molecule has 1 heterocycles. The molecule has 2 N–H and O–H groups in total. The number of carbonyl (C=O) groups excluding carboxylic acids is 1. The van der Waals surface area contributed by atoms with E-state index < -0.39 is 0 Å². The van der Waals surface area contributed by atoms with Crippen LogP contribution in [0.5, 0.6) is 0 Å². The van der Waals surface area contributed by atoms with Crippen molar-refractivity contribution in [3.8, 4) is 0 Å². The van der Waals surface area contributed by atoms with Crippen LogP contribution < -0.4 is 10.6 Å². The molecular formula is C13H17N3O. The maximum Gasteiger partial charge on any atom is 0.249 e. The molecule has 4 nitrogen and oxygen atoms in total. The average Bonchev–Trinajstić information content (AvgIpc) is 2.30. The third-order valence-electron chi connectivity index (χ3n) is 2.08. The summed E-state index contributed by atoms with van der Waals surface area (Å²) >= 11 is 0. The van der Waals surface area contributed by atoms with Crippen molar-refractivity contribution in [1.82, 2.24) is 10.3 Å². The summed E-state index contributed by atoms with van der Waals surface area (Å²) in [5.41, 5.74) is 1.84. The minimum absolute atomic E-state index is 0.174. The molecule has 0 radical (unpaired) electrons. The minimum Gasteiger partial charge on any atom is -0.394 e. The van der Waals surface area contributed by atoms with Gasteiger partial charge in [-0.3, -0.25) is 4.79 Å². The van der Waals surface area contributed by atoms with Gasteiger partial charge in [0.2, 0.25) is 5.91 Å². The highest BCUT2D eigenvalue weighted by molar-refractivity contribution is 5.98. The first-order valence-corrected chi connectivity index (χ1v) is 5.42. The molecule has 0 atom stereocenters. The van der Waals surface area contributed by atoms with Crippen LogP contribution in [-0.4, -0.2) is 17.9 Å². The Kier molecular flexibility index (Phi) is 4.94. The monoisotopic (exact) mass is 231 g/mol. The van der Waals surface area contributed by atoms with Crippen LogP contribution in [0, 0.1) is 0 Å². The lowest BCUT2D eigenvalue weighted by atomic mass is 10.2. The molecule has 1 rings (SSSR count). The van der Waals surface area contributed by atoms with Crippen LogP contribution in [0.4, 0.5) is 5.82 Å². The van der Waals surface area contributed by atoms with Crippen molar-refractivity contribution in [2.75, 3.05) is 12.4 Å². The molecule has 90 valence electrons. The molecule has 0 unspecified atom stereocenters. The highest BCUT2D eigenvalue weighted by Crippen LogP contribution is 2.12. The summed E-state index contributed by atoms with van der Waals surface area (Å²) < 4.78 is 0. The van der Waals surface area contributed by atoms with Gasteiger partial charge < -0.3 is 10.6 Å². The molecule has 0 aromatic carbocycles. The van der Waals surface area contributed by atoms with E-state index in [0.717, 1.165) is 11.3 Å². The van der Waals surface area contributed by atoms with E-state index in [9.17, 15) is 4.79 Å². The summed E-state index contributed by atoms with van der Waals surface area (Å²) in [6, 6.07) is 5.52. The van der Waals surface area contributed by atoms with Crippen molar-refractivity contribution in [3.63, 3.8) is 0 Å². The van der Waals surface area contributed by atoms with Crippen LogP contribution >= 0.6 is 0 Å². The number of allylic oxidation sites excluding steroid dienone is 2. The second-order valence-electron chi connectivity index (χ2n) is 3.51. The lowest BCUT2D eigenvalue weighted by molar-refractivity contribution is -0.111. The molecule has 17 heavy (non-hydrogen) atoms. The predicted molar refractivity (Wildman–Crippen MR) is 70.4 cm³/mol. The average molecular weight is 231 g/mol. The summed E-state index contributed by atoms with van der Waals surface area (Å²) in [7, 11) is 1.83. The number of rotatable bonds is 4. The zero-order valence-electron chi connectivity index (χ0n) is 10.3. The molecule has 4 heteroatoms. The largest absolute Gasteiger partial charge is 0.394 e. The highest BCUT2D eigenvalue weighted by Gasteiger charge is 2.01. The van der Waals surface area contributed by atoms with E-state index in [1.807, 2.05) is 32.3 Å². The van der Waals surface area contributed by atoms with Gasteiger partial charge in [-0.25, -0.2) is 4.98 Å². The van der Waals surface area contributed by atoms with Gasteiger partial charge in [-0.05, 0) is 37.6 Å². The van der Waals surface area contributed by atoms with Crippen LogP contribution in [-0.2, 0) is 4.79 Å². The van der Waals surface area contributed by atoms with Gasteiger partial charge in [0.25, 0.3) is 0 Å². The lowest BCUT2D eigenvalue weighted by Gasteiger charge is -2.05. The number of aromatic nitrogens is 1. The standard InChI is InChI=1S/C13H17N3O/c1-4-6-13(17)16-12-8-5-7-11(15-12)10(2)9-14-3/h4-9,14H,1-3H3,(H,15,16,17)/b6-4+,10-9+. The molecule has 0 fully saturated rings. The lowest BCUT2D eigenvalue weighted by Crippen LogP contribution is -2.09. The SMILES string of the molecule is C/C=C/C(=O)Nc1cccc(/C(C)=C/NC)n1. The summed E-state index contributed by atoms with van der Waals surface area (Å²) in [5.74, 6) is 0.377. The maximum absolute atomic E-state index is 11.4. The van der Waals surface area contributed by atoms with E-state index in [-0.39, 0.29) is 5.91 Å². The number of carbonyl (C=O) groups is 1. The van der Waals surface area contributed by atoms with Crippen LogP contribution in [0.2, 0.25) is 0 Å². The van der Waals surface area contributed by atoms with E-state index in [2.05, 4.69) is 15.6 Å². The van der Waals surface area contributed by atoms with Crippen molar-refractivity contribution in [3.05, 3.63) is 42.2 Å². The summed E-state index contributed by atoms with van der Waals surface area (Å²) in [5, 5.41) is 5.64. The molecule has 0 spiro atoms. The zero-order valence-corrected chi connectivity index (χ0v) is 10.3. The smallest absolute Gasteiger partial charge is 0.249 e. The quantitative estimate of drug-likeness (QED) is 0.781. The van der Waals surface area contributed by atoms with Crippen molar-refractivity contribution in [2.45, 2.75) is 13.8 Å². The van der Waals surface area contributed by atoms with Crippen molar-refractivity contribution < 1.29 is 4.79 Å². The summed E-state index contributed by atoms with van der Waals surface area (Å²) in [6.07, 6.45) is 5.01. The minimum atomic E-state index is -0.174. The molecule has 0 aliphatic rings. The van der Waals surface area contributed by atoms with Crippen LogP contribution in [0.25, 0.3) is 5.57 Å². The van der Waals surface area contributed by atoms with Gasteiger partial charge in [-0.2, -0.15) is 0 Å². The van der Waals surface area contributed by atoms with E-state index in [1.165, 1.54) is 6.08 Å². The Labute approximate surface area is 101 Å². The van der Waals surface area contributed by atoms with E-state index >= 15 is 0 Å². The summed E-state index contributed by atoms with van der Waals surface area (Å²) in [4.78, 5) is 15.7. The Morgan fingerprint density at radius 1 is 1.41 bits per heavy atom. The van der Waals surface area contributed by atoms with Crippen LogP contribution in [0.15, 0.2) is 36.6 Å². The number of anilines is 1. The molecule has 1 aromatic heterocycles. The Bertz CT molecular complexity index is 450. The van der Waals surface area contributed by atoms with Gasteiger partial charge in [0.15, 0.2) is 0 Å².